The number of imidazole rings is 1. The molecule has 1 aliphatic rings. The Morgan fingerprint density at radius 2 is 1.82 bits per heavy atom. The van der Waals surface area contributed by atoms with E-state index in [1.165, 1.54) is 32.2 Å². The van der Waals surface area contributed by atoms with Gasteiger partial charge in [0.2, 0.25) is 5.88 Å². The maximum Gasteiger partial charge on any atom is 0.399 e. The molecule has 6 nitrogen and oxygen atoms in total. The van der Waals surface area contributed by atoms with Crippen LogP contribution in [0.25, 0.3) is 22.5 Å². The molecule has 0 bridgehead atoms. The molecule has 1 aromatic carbocycles. The first-order valence-corrected chi connectivity index (χ1v) is 10.2. The Morgan fingerprint density at radius 3 is 2.36 bits per heavy atom. The van der Waals surface area contributed by atoms with Crippen LogP contribution >= 0.6 is 0 Å². The number of aliphatic carboxylic acids is 1. The van der Waals surface area contributed by atoms with Gasteiger partial charge in [0.1, 0.15) is 23.7 Å². The van der Waals surface area contributed by atoms with Gasteiger partial charge in [-0.2, -0.15) is 13.2 Å². The van der Waals surface area contributed by atoms with Crippen molar-refractivity contribution in [3.8, 4) is 28.4 Å². The molecule has 0 aliphatic heterocycles. The van der Waals surface area contributed by atoms with Crippen molar-refractivity contribution >= 4 is 5.97 Å². The lowest BCUT2D eigenvalue weighted by molar-refractivity contribution is -0.161. The summed E-state index contributed by atoms with van der Waals surface area (Å²) < 4.78 is 60.2. The van der Waals surface area contributed by atoms with Gasteiger partial charge in [0, 0.05) is 24.0 Å². The van der Waals surface area contributed by atoms with E-state index in [9.17, 15) is 22.4 Å². The minimum Gasteiger partial charge on any atom is -0.481 e. The Kier molecular flexibility index (Phi) is 5.42. The predicted molar refractivity (Wildman–Crippen MR) is 111 cm³/mol. The number of nitrogens with zero attached hydrogens (tertiary/aromatic N) is 2. The summed E-state index contributed by atoms with van der Waals surface area (Å²) in [5.74, 6) is -1.38. The number of pyridine rings is 1. The number of carbonyl (C=O) groups is 1. The molecule has 0 unspecified atom stereocenters. The molecular weight excluding hydrogens is 442 g/mol. The minimum atomic E-state index is -4.38. The van der Waals surface area contributed by atoms with Crippen molar-refractivity contribution < 1.29 is 32.2 Å². The maximum absolute atomic E-state index is 14.8. The van der Waals surface area contributed by atoms with Gasteiger partial charge in [-0.05, 0) is 50.5 Å². The van der Waals surface area contributed by atoms with E-state index in [0.29, 0.717) is 11.1 Å². The molecule has 4 rings (SSSR count). The van der Waals surface area contributed by atoms with E-state index in [0.717, 1.165) is 6.20 Å². The number of benzene rings is 1. The van der Waals surface area contributed by atoms with Crippen LogP contribution in [-0.4, -0.2) is 38.8 Å². The van der Waals surface area contributed by atoms with Crippen LogP contribution in [0.4, 0.5) is 17.6 Å². The van der Waals surface area contributed by atoms with E-state index in [1.54, 1.807) is 18.2 Å². The largest absolute Gasteiger partial charge is 0.481 e. The molecule has 2 N–H and O–H groups in total. The van der Waals surface area contributed by atoms with Crippen molar-refractivity contribution in [2.75, 3.05) is 6.61 Å². The Balaban J connectivity index is 1.50. The summed E-state index contributed by atoms with van der Waals surface area (Å²) in [5.41, 5.74) is -1.90. The number of H-pyrrole nitrogens is 1. The average Bonchev–Trinajstić information content (AvgIpc) is 3.44. The smallest absolute Gasteiger partial charge is 0.399 e. The highest BCUT2D eigenvalue weighted by Gasteiger charge is 2.65. The molecule has 0 atom stereocenters. The molecule has 10 heteroatoms. The molecule has 174 valence electrons. The molecule has 2 heterocycles. The van der Waals surface area contributed by atoms with Gasteiger partial charge in [-0.1, -0.05) is 6.07 Å². The van der Waals surface area contributed by atoms with Gasteiger partial charge >= 0.3 is 12.1 Å². The second-order valence-electron chi connectivity index (χ2n) is 8.78. The summed E-state index contributed by atoms with van der Waals surface area (Å²) in [7, 11) is 0. The Hall–Kier alpha value is -3.43. The molecule has 2 aromatic heterocycles. The first-order chi connectivity index (χ1) is 15.4. The number of ether oxygens (including phenoxy) is 1. The van der Waals surface area contributed by atoms with E-state index >= 15 is 0 Å². The first-order valence-electron chi connectivity index (χ1n) is 10.2. The van der Waals surface area contributed by atoms with Crippen LogP contribution in [0.5, 0.6) is 5.88 Å². The van der Waals surface area contributed by atoms with E-state index in [4.69, 9.17) is 9.84 Å². The normalized spacial score (nSPS) is 15.3. The molecule has 0 spiro atoms. The molecule has 1 aliphatic carbocycles. The van der Waals surface area contributed by atoms with Gasteiger partial charge in [0.05, 0.1) is 16.7 Å². The van der Waals surface area contributed by atoms with Crippen LogP contribution in [0.1, 0.15) is 32.4 Å². The van der Waals surface area contributed by atoms with Crippen LogP contribution in [-0.2, 0) is 10.2 Å². The number of aromatic nitrogens is 3. The zero-order chi connectivity index (χ0) is 24.0. The first kappa shape index (κ1) is 22.8. The van der Waals surface area contributed by atoms with Gasteiger partial charge in [0.25, 0.3) is 0 Å². The molecule has 0 radical (unpaired) electrons. The molecule has 0 saturated heterocycles. The number of carboxylic acids is 1. The van der Waals surface area contributed by atoms with Crippen LogP contribution in [0.3, 0.4) is 0 Å². The van der Waals surface area contributed by atoms with Crippen molar-refractivity contribution in [3.05, 3.63) is 54.2 Å². The molecule has 33 heavy (non-hydrogen) atoms. The second-order valence-corrected chi connectivity index (χ2v) is 8.78. The molecule has 1 fully saturated rings. The summed E-state index contributed by atoms with van der Waals surface area (Å²) in [6.45, 7) is 2.99. The number of rotatable bonds is 7. The van der Waals surface area contributed by atoms with Crippen molar-refractivity contribution in [2.24, 2.45) is 5.41 Å². The maximum atomic E-state index is 14.8. The standard InChI is InChI=1S/C23H21F4N3O3/c1-21(2,20(31)32)12-33-18-6-4-14(10-28-18)13-3-5-15(16(24)9-13)19-29-11-17(30-19)22(7-8-22)23(25,26)27/h3-6,9-11H,7-8,12H2,1-2H3,(H,29,30)(H,31,32). The predicted octanol–water partition coefficient (Wildman–Crippen LogP) is 5.36. The van der Waals surface area contributed by atoms with Crippen LogP contribution < -0.4 is 4.74 Å². The monoisotopic (exact) mass is 463 g/mol. The Bertz CT molecular complexity index is 1180. The highest BCUT2D eigenvalue weighted by atomic mass is 19.4. The highest BCUT2D eigenvalue weighted by molar-refractivity contribution is 5.73. The average molecular weight is 463 g/mol. The van der Waals surface area contributed by atoms with Gasteiger partial charge in [-0.3, -0.25) is 4.79 Å². The van der Waals surface area contributed by atoms with E-state index in [-0.39, 0.29) is 42.4 Å². The number of alkyl halides is 3. The van der Waals surface area contributed by atoms with Crippen molar-refractivity contribution in [1.82, 2.24) is 15.0 Å². The van der Waals surface area contributed by atoms with Crippen molar-refractivity contribution in [2.45, 2.75) is 38.3 Å². The minimum absolute atomic E-state index is 0.0138. The van der Waals surface area contributed by atoms with Crippen LogP contribution in [0.15, 0.2) is 42.7 Å². The third-order valence-corrected chi connectivity index (χ3v) is 5.84. The fourth-order valence-electron chi connectivity index (χ4n) is 3.37. The number of hydrogen-bond donors (Lipinski definition) is 2. The number of aromatic amines is 1. The summed E-state index contributed by atoms with van der Waals surface area (Å²) in [4.78, 5) is 21.9. The topological polar surface area (TPSA) is 88.1 Å². The summed E-state index contributed by atoms with van der Waals surface area (Å²) in [6.07, 6.45) is -1.83. The number of nitrogens with one attached hydrogen (secondary N) is 1. The van der Waals surface area contributed by atoms with E-state index in [2.05, 4.69) is 15.0 Å². The third kappa shape index (κ3) is 4.29. The lowest BCUT2D eigenvalue weighted by atomic mass is 9.95. The summed E-state index contributed by atoms with van der Waals surface area (Å²) >= 11 is 0. The van der Waals surface area contributed by atoms with Crippen molar-refractivity contribution in [1.29, 1.82) is 0 Å². The quantitative estimate of drug-likeness (QED) is 0.461. The van der Waals surface area contributed by atoms with Crippen LogP contribution in [0, 0.1) is 11.2 Å². The van der Waals surface area contributed by atoms with Crippen LogP contribution in [0.2, 0.25) is 0 Å². The van der Waals surface area contributed by atoms with E-state index in [1.807, 2.05) is 0 Å². The van der Waals surface area contributed by atoms with Gasteiger partial charge in [-0.25, -0.2) is 14.4 Å². The van der Waals surface area contributed by atoms with Crippen molar-refractivity contribution in [3.63, 3.8) is 0 Å². The number of halogens is 4. The fraction of sp³-hybridized carbons (Fsp3) is 0.348. The van der Waals surface area contributed by atoms with Gasteiger partial charge < -0.3 is 14.8 Å². The van der Waals surface area contributed by atoms with E-state index < -0.39 is 28.8 Å². The number of carboxylic acid groups (broad SMARTS) is 1. The lowest BCUT2D eigenvalue weighted by Gasteiger charge is -2.19. The lowest BCUT2D eigenvalue weighted by Crippen LogP contribution is -2.30. The second kappa shape index (κ2) is 7.86. The zero-order valence-electron chi connectivity index (χ0n) is 17.8. The molecule has 0 amide bonds. The Labute approximate surface area is 186 Å². The SMILES string of the molecule is CC(C)(COc1ccc(-c2ccc(-c3ncc(C4(C(F)(F)F)CC4)[nH]3)c(F)c2)cn1)C(=O)O. The highest BCUT2D eigenvalue weighted by Crippen LogP contribution is 2.58. The third-order valence-electron chi connectivity index (χ3n) is 5.84. The Morgan fingerprint density at radius 1 is 1.12 bits per heavy atom. The number of hydrogen-bond acceptors (Lipinski definition) is 4. The van der Waals surface area contributed by atoms with Gasteiger partial charge in [-0.15, -0.1) is 0 Å². The molecule has 3 aromatic rings. The summed E-state index contributed by atoms with van der Waals surface area (Å²) in [6, 6.07) is 7.50. The fourth-order valence-corrected chi connectivity index (χ4v) is 3.37. The van der Waals surface area contributed by atoms with Gasteiger partial charge in [0.15, 0.2) is 0 Å². The summed E-state index contributed by atoms with van der Waals surface area (Å²) in [5, 5.41) is 9.13. The molecule has 1 saturated carbocycles. The zero-order valence-corrected chi connectivity index (χ0v) is 17.8. The molecular formula is C23H21F4N3O3.